The predicted octanol–water partition coefficient (Wildman–Crippen LogP) is 2.44. The van der Waals surface area contributed by atoms with Gasteiger partial charge in [-0.1, -0.05) is 13.8 Å². The molecule has 2 N–H and O–H groups in total. The van der Waals surface area contributed by atoms with Crippen LogP contribution in [0.5, 0.6) is 0 Å². The lowest BCUT2D eigenvalue weighted by Gasteiger charge is -2.29. The van der Waals surface area contributed by atoms with E-state index in [2.05, 4.69) is 5.32 Å². The molecule has 0 saturated carbocycles. The first-order valence-corrected chi connectivity index (χ1v) is 7.45. The summed E-state index contributed by atoms with van der Waals surface area (Å²) in [5.74, 6) is -0.776. The number of hydrogen-bond acceptors (Lipinski definition) is 4. The summed E-state index contributed by atoms with van der Waals surface area (Å²) in [6, 6.07) is 0. The summed E-state index contributed by atoms with van der Waals surface area (Å²) in [6.07, 6.45) is 2.72. The zero-order chi connectivity index (χ0) is 15.6. The molecule has 0 aromatic rings. The fraction of sp³-hybridized carbons (Fsp3) is 0.933. The molecular formula is C15H31NO4. The van der Waals surface area contributed by atoms with Crippen LogP contribution in [0.2, 0.25) is 0 Å². The Morgan fingerprint density at radius 1 is 1.20 bits per heavy atom. The van der Waals surface area contributed by atoms with Gasteiger partial charge >= 0.3 is 5.97 Å². The van der Waals surface area contributed by atoms with Crippen molar-refractivity contribution in [1.82, 2.24) is 5.32 Å². The summed E-state index contributed by atoms with van der Waals surface area (Å²) in [4.78, 5) is 11.4. The van der Waals surface area contributed by atoms with E-state index >= 15 is 0 Å². The van der Waals surface area contributed by atoms with E-state index in [0.29, 0.717) is 32.6 Å². The highest BCUT2D eigenvalue weighted by atomic mass is 16.5. The number of carbonyl (C=O) groups is 1. The Hall–Kier alpha value is -0.650. The molecule has 0 aromatic heterocycles. The lowest BCUT2D eigenvalue weighted by Crippen LogP contribution is -2.51. The van der Waals surface area contributed by atoms with Crippen molar-refractivity contribution in [2.45, 2.75) is 64.5 Å². The van der Waals surface area contributed by atoms with Crippen molar-refractivity contribution in [1.29, 1.82) is 0 Å². The lowest BCUT2D eigenvalue weighted by atomic mass is 9.90. The second-order valence-corrected chi connectivity index (χ2v) is 5.70. The quantitative estimate of drug-likeness (QED) is 0.540. The van der Waals surface area contributed by atoms with Crippen LogP contribution in [0.4, 0.5) is 0 Å². The molecule has 20 heavy (non-hydrogen) atoms. The Bertz CT molecular complexity index is 281. The van der Waals surface area contributed by atoms with Gasteiger partial charge in [0, 0.05) is 20.3 Å². The Morgan fingerprint density at radius 3 is 2.30 bits per heavy atom. The van der Waals surface area contributed by atoms with E-state index in [4.69, 9.17) is 9.47 Å². The molecule has 5 heteroatoms. The first kappa shape index (κ1) is 19.4. The van der Waals surface area contributed by atoms with Gasteiger partial charge in [0.25, 0.3) is 0 Å². The molecule has 0 aliphatic carbocycles. The molecule has 0 aliphatic rings. The van der Waals surface area contributed by atoms with Crippen molar-refractivity contribution >= 4 is 5.97 Å². The van der Waals surface area contributed by atoms with Crippen molar-refractivity contribution in [2.75, 3.05) is 26.9 Å². The van der Waals surface area contributed by atoms with Gasteiger partial charge in [0.15, 0.2) is 0 Å². The van der Waals surface area contributed by atoms with Crippen LogP contribution in [-0.2, 0) is 14.3 Å². The van der Waals surface area contributed by atoms with Gasteiger partial charge < -0.3 is 19.9 Å². The second kappa shape index (κ2) is 9.32. The number of rotatable bonds is 12. The molecule has 0 rings (SSSR count). The van der Waals surface area contributed by atoms with Gasteiger partial charge in [-0.15, -0.1) is 0 Å². The average Bonchev–Trinajstić information content (AvgIpc) is 2.41. The van der Waals surface area contributed by atoms with Crippen LogP contribution in [-0.4, -0.2) is 49.1 Å². The molecule has 0 aromatic carbocycles. The molecule has 0 radical (unpaired) electrons. The summed E-state index contributed by atoms with van der Waals surface area (Å²) >= 11 is 0. The van der Waals surface area contributed by atoms with Crippen LogP contribution < -0.4 is 5.32 Å². The number of nitrogens with one attached hydrogen (secondary N) is 1. The smallest absolute Gasteiger partial charge is 0.323 e. The van der Waals surface area contributed by atoms with Crippen LogP contribution in [0.15, 0.2) is 0 Å². The van der Waals surface area contributed by atoms with Gasteiger partial charge in [0.1, 0.15) is 5.54 Å². The van der Waals surface area contributed by atoms with Crippen LogP contribution in [0.3, 0.4) is 0 Å². The third-order valence-corrected chi connectivity index (χ3v) is 3.82. The summed E-state index contributed by atoms with van der Waals surface area (Å²) in [7, 11) is 1.69. The minimum Gasteiger partial charge on any atom is -0.480 e. The Morgan fingerprint density at radius 2 is 1.85 bits per heavy atom. The maximum Gasteiger partial charge on any atom is 0.323 e. The van der Waals surface area contributed by atoms with Gasteiger partial charge in [-0.2, -0.15) is 0 Å². The normalized spacial score (nSPS) is 15.1. The maximum atomic E-state index is 11.4. The average molecular weight is 289 g/mol. The summed E-state index contributed by atoms with van der Waals surface area (Å²) in [6.45, 7) is 9.75. The first-order valence-electron chi connectivity index (χ1n) is 7.45. The number of carboxylic acids is 1. The maximum absolute atomic E-state index is 11.4. The molecule has 0 fully saturated rings. The standard InChI is InChI=1S/C15H31NO4/c1-6-15(13(17)18,16-7-2)9-8-11-20-12-10-14(3,4)19-5/h16H,6-12H2,1-5H3,(H,17,18). The van der Waals surface area contributed by atoms with Crippen molar-refractivity contribution in [3.05, 3.63) is 0 Å². The van der Waals surface area contributed by atoms with Gasteiger partial charge in [0.05, 0.1) is 5.60 Å². The van der Waals surface area contributed by atoms with Crippen molar-refractivity contribution in [2.24, 2.45) is 0 Å². The molecule has 0 amide bonds. The van der Waals surface area contributed by atoms with Gasteiger partial charge in [-0.3, -0.25) is 4.79 Å². The van der Waals surface area contributed by atoms with Crippen LogP contribution in [0.25, 0.3) is 0 Å². The van der Waals surface area contributed by atoms with Crippen LogP contribution >= 0.6 is 0 Å². The van der Waals surface area contributed by atoms with E-state index in [1.54, 1.807) is 7.11 Å². The highest BCUT2D eigenvalue weighted by Crippen LogP contribution is 2.18. The molecule has 0 heterocycles. The van der Waals surface area contributed by atoms with E-state index in [0.717, 1.165) is 12.8 Å². The van der Waals surface area contributed by atoms with Gasteiger partial charge in [-0.05, 0) is 46.1 Å². The Kier molecular flexibility index (Phi) is 9.01. The fourth-order valence-electron chi connectivity index (χ4n) is 2.06. The Balaban J connectivity index is 3.99. The van der Waals surface area contributed by atoms with Crippen LogP contribution in [0, 0.1) is 0 Å². The third kappa shape index (κ3) is 6.68. The summed E-state index contributed by atoms with van der Waals surface area (Å²) < 4.78 is 10.9. The summed E-state index contributed by atoms with van der Waals surface area (Å²) in [5.41, 5.74) is -0.984. The fourth-order valence-corrected chi connectivity index (χ4v) is 2.06. The number of likely N-dealkylation sites (N-methyl/N-ethyl adjacent to an activating group) is 1. The van der Waals surface area contributed by atoms with Gasteiger partial charge in [-0.25, -0.2) is 0 Å². The predicted molar refractivity (Wildman–Crippen MR) is 80.1 cm³/mol. The topological polar surface area (TPSA) is 67.8 Å². The molecule has 0 aliphatic heterocycles. The molecule has 0 saturated heterocycles. The molecule has 120 valence electrons. The summed E-state index contributed by atoms with van der Waals surface area (Å²) in [5, 5.41) is 12.5. The number of ether oxygens (including phenoxy) is 2. The zero-order valence-electron chi connectivity index (χ0n) is 13.6. The van der Waals surface area contributed by atoms with Crippen LogP contribution in [0.1, 0.15) is 53.4 Å². The van der Waals surface area contributed by atoms with E-state index in [9.17, 15) is 9.90 Å². The van der Waals surface area contributed by atoms with E-state index in [-0.39, 0.29) is 5.60 Å². The SMILES string of the molecule is CCNC(CC)(CCCOCCC(C)(C)OC)C(=O)O. The molecule has 0 spiro atoms. The van der Waals surface area contributed by atoms with Gasteiger partial charge in [0.2, 0.25) is 0 Å². The molecule has 1 unspecified atom stereocenters. The van der Waals surface area contributed by atoms with E-state index < -0.39 is 11.5 Å². The molecular weight excluding hydrogens is 258 g/mol. The number of carboxylic acid groups (broad SMARTS) is 1. The van der Waals surface area contributed by atoms with E-state index in [1.807, 2.05) is 27.7 Å². The first-order chi connectivity index (χ1) is 9.33. The molecule has 0 bridgehead atoms. The molecule has 1 atom stereocenters. The highest BCUT2D eigenvalue weighted by Gasteiger charge is 2.34. The third-order valence-electron chi connectivity index (χ3n) is 3.82. The van der Waals surface area contributed by atoms with Crippen molar-refractivity contribution in [3.63, 3.8) is 0 Å². The number of methoxy groups -OCH3 is 1. The highest BCUT2D eigenvalue weighted by molar-refractivity contribution is 5.78. The van der Waals surface area contributed by atoms with Crippen molar-refractivity contribution < 1.29 is 19.4 Å². The monoisotopic (exact) mass is 289 g/mol. The largest absolute Gasteiger partial charge is 0.480 e. The number of hydrogen-bond donors (Lipinski definition) is 2. The lowest BCUT2D eigenvalue weighted by molar-refractivity contribution is -0.145. The number of aliphatic carboxylic acids is 1. The Labute approximate surface area is 123 Å². The second-order valence-electron chi connectivity index (χ2n) is 5.70. The van der Waals surface area contributed by atoms with E-state index in [1.165, 1.54) is 0 Å². The van der Waals surface area contributed by atoms with Crippen molar-refractivity contribution in [3.8, 4) is 0 Å². The zero-order valence-corrected chi connectivity index (χ0v) is 13.6. The minimum atomic E-state index is -0.816. The molecule has 5 nitrogen and oxygen atoms in total. The minimum absolute atomic E-state index is 0.169.